The predicted molar refractivity (Wildman–Crippen MR) is 128 cm³/mol. The van der Waals surface area contributed by atoms with Crippen molar-refractivity contribution in [1.82, 2.24) is 9.38 Å². The van der Waals surface area contributed by atoms with E-state index >= 15 is 0 Å². The number of hydrogen-bond donors (Lipinski definition) is 0. The molecule has 166 valence electrons. The molecule has 0 radical (unpaired) electrons. The van der Waals surface area contributed by atoms with E-state index in [4.69, 9.17) is 0 Å². The Balaban J connectivity index is 1.35. The summed E-state index contributed by atoms with van der Waals surface area (Å²) in [5.41, 5.74) is 4.91. The number of hydrogen-bond acceptors (Lipinski definition) is 3. The number of nitrogens with zero attached hydrogens (tertiary/aromatic N) is 2. The number of allylic oxidation sites excluding steroid dienone is 8. The van der Waals surface area contributed by atoms with Gasteiger partial charge in [0.05, 0.1) is 11.6 Å². The Kier molecular flexibility index (Phi) is 6.40. The number of imidazole rings is 1. The maximum absolute atomic E-state index is 12.7. The molecule has 1 atom stereocenters. The number of Topliss-reactive ketones (excluding diaryl/α,β-unsaturated/α-hetero) is 1. The first-order chi connectivity index (χ1) is 15.3. The molecule has 0 saturated heterocycles. The molecule has 1 unspecified atom stereocenters. The Bertz CT molecular complexity index is 1150. The molecule has 4 rings (SSSR count). The van der Waals surface area contributed by atoms with Crippen LogP contribution in [0.1, 0.15) is 57.7 Å². The van der Waals surface area contributed by atoms with Crippen LogP contribution in [0.3, 0.4) is 0 Å². The second-order valence-electron chi connectivity index (χ2n) is 10.1. The molecule has 0 amide bonds. The number of aromatic nitrogens is 2. The fourth-order valence-electron chi connectivity index (χ4n) is 4.31. The summed E-state index contributed by atoms with van der Waals surface area (Å²) in [4.78, 5) is 29.7. The van der Waals surface area contributed by atoms with Crippen molar-refractivity contribution in [3.63, 3.8) is 0 Å². The molecule has 0 aromatic carbocycles. The molecule has 4 heteroatoms. The standard InChI is InChI=1S/C28H32N2O2/c1-28(2,3)15-7-6-8-20-11-14-27-29-23(19-30(27)18-20)12-13-25(31)22-16-21-9-4-5-10-24(21)26(32)17-22/h4-5,9-11,14,16-19,24H,6-8,12-13,15H2,1-3H3. The van der Waals surface area contributed by atoms with Gasteiger partial charge in [0.25, 0.3) is 0 Å². The van der Waals surface area contributed by atoms with Crippen LogP contribution < -0.4 is 0 Å². The maximum Gasteiger partial charge on any atom is 0.167 e. The van der Waals surface area contributed by atoms with Crippen molar-refractivity contribution >= 4 is 17.2 Å². The Hall–Kier alpha value is -3.01. The van der Waals surface area contributed by atoms with Crippen LogP contribution in [0.2, 0.25) is 0 Å². The van der Waals surface area contributed by atoms with Crippen molar-refractivity contribution in [3.05, 3.63) is 83.4 Å². The highest BCUT2D eigenvalue weighted by molar-refractivity contribution is 6.09. The largest absolute Gasteiger partial charge is 0.307 e. The highest BCUT2D eigenvalue weighted by Crippen LogP contribution is 2.27. The van der Waals surface area contributed by atoms with Crippen LogP contribution >= 0.6 is 0 Å². The van der Waals surface area contributed by atoms with Crippen LogP contribution in [0.4, 0.5) is 0 Å². The van der Waals surface area contributed by atoms with Crippen molar-refractivity contribution in [3.8, 4) is 0 Å². The molecule has 2 aromatic heterocycles. The number of carbonyl (C=O) groups is 2. The molecular weight excluding hydrogens is 396 g/mol. The van der Waals surface area contributed by atoms with Crippen molar-refractivity contribution in [2.24, 2.45) is 11.3 Å². The summed E-state index contributed by atoms with van der Waals surface area (Å²) in [7, 11) is 0. The molecule has 0 saturated carbocycles. The van der Waals surface area contributed by atoms with Crippen molar-refractivity contribution < 1.29 is 9.59 Å². The molecular formula is C28H32N2O2. The van der Waals surface area contributed by atoms with Crippen LogP contribution in [-0.4, -0.2) is 21.0 Å². The Labute approximate surface area is 190 Å². The van der Waals surface area contributed by atoms with Crippen molar-refractivity contribution in [2.75, 3.05) is 0 Å². The van der Waals surface area contributed by atoms with Gasteiger partial charge >= 0.3 is 0 Å². The van der Waals surface area contributed by atoms with Crippen LogP contribution in [0.25, 0.3) is 5.65 Å². The van der Waals surface area contributed by atoms with E-state index in [0.717, 1.165) is 23.3 Å². The molecule has 0 aliphatic heterocycles. The zero-order valence-corrected chi connectivity index (χ0v) is 19.3. The second-order valence-corrected chi connectivity index (χ2v) is 10.1. The number of ketones is 2. The lowest BCUT2D eigenvalue weighted by molar-refractivity contribution is -0.118. The number of pyridine rings is 1. The lowest BCUT2D eigenvalue weighted by atomic mass is 9.83. The molecule has 0 spiro atoms. The third kappa shape index (κ3) is 5.42. The van der Waals surface area contributed by atoms with Gasteiger partial charge in [0, 0.05) is 24.4 Å². The molecule has 32 heavy (non-hydrogen) atoms. The minimum absolute atomic E-state index is 0.0103. The first-order valence-corrected chi connectivity index (χ1v) is 11.6. The smallest absolute Gasteiger partial charge is 0.167 e. The molecule has 0 N–H and O–H groups in total. The zero-order chi connectivity index (χ0) is 22.7. The molecule has 2 aliphatic carbocycles. The summed E-state index contributed by atoms with van der Waals surface area (Å²) in [5.74, 6) is -0.268. The highest BCUT2D eigenvalue weighted by Gasteiger charge is 2.25. The fraction of sp³-hybridized carbons (Fsp3) is 0.393. The van der Waals surface area contributed by atoms with Crippen LogP contribution in [0.15, 0.2) is 72.1 Å². The van der Waals surface area contributed by atoms with E-state index in [1.54, 1.807) is 0 Å². The van der Waals surface area contributed by atoms with Gasteiger partial charge in [-0.1, -0.05) is 57.6 Å². The predicted octanol–water partition coefficient (Wildman–Crippen LogP) is 5.77. The lowest BCUT2D eigenvalue weighted by Crippen LogP contribution is -2.19. The molecule has 0 bridgehead atoms. The first-order valence-electron chi connectivity index (χ1n) is 11.6. The van der Waals surface area contributed by atoms with Gasteiger partial charge in [-0.25, -0.2) is 4.98 Å². The van der Waals surface area contributed by atoms with E-state index in [9.17, 15) is 9.59 Å². The third-order valence-corrected chi connectivity index (χ3v) is 6.12. The first kappa shape index (κ1) is 22.2. The van der Waals surface area contributed by atoms with E-state index in [0.29, 0.717) is 23.8 Å². The van der Waals surface area contributed by atoms with E-state index in [-0.39, 0.29) is 17.5 Å². The lowest BCUT2D eigenvalue weighted by Gasteiger charge is -2.19. The van der Waals surface area contributed by atoms with Crippen LogP contribution in [0.5, 0.6) is 0 Å². The molecule has 2 aliphatic rings. The Morgan fingerprint density at radius 3 is 2.72 bits per heavy atom. The van der Waals surface area contributed by atoms with E-state index in [1.165, 1.54) is 30.9 Å². The summed E-state index contributed by atoms with van der Waals surface area (Å²) in [5, 5.41) is 0. The summed E-state index contributed by atoms with van der Waals surface area (Å²) in [6.45, 7) is 6.87. The van der Waals surface area contributed by atoms with Gasteiger partial charge in [0.1, 0.15) is 5.65 Å². The number of carbonyl (C=O) groups excluding carboxylic acids is 2. The van der Waals surface area contributed by atoms with Crippen molar-refractivity contribution in [1.29, 1.82) is 0 Å². The molecule has 2 aromatic rings. The summed E-state index contributed by atoms with van der Waals surface area (Å²) >= 11 is 0. The minimum Gasteiger partial charge on any atom is -0.307 e. The fourth-order valence-corrected chi connectivity index (χ4v) is 4.31. The summed E-state index contributed by atoms with van der Waals surface area (Å²) in [6.07, 6.45) is 20.7. The number of aryl methyl sites for hydroxylation is 2. The normalized spacial score (nSPS) is 18.0. The monoisotopic (exact) mass is 428 g/mol. The quantitative estimate of drug-likeness (QED) is 0.501. The van der Waals surface area contributed by atoms with E-state index in [2.05, 4.69) is 48.5 Å². The Morgan fingerprint density at radius 2 is 1.91 bits per heavy atom. The average molecular weight is 429 g/mol. The van der Waals surface area contributed by atoms with Gasteiger partial charge in [0.2, 0.25) is 0 Å². The van der Waals surface area contributed by atoms with Gasteiger partial charge in [-0.3, -0.25) is 9.59 Å². The van der Waals surface area contributed by atoms with E-state index in [1.807, 2.05) is 36.6 Å². The number of rotatable bonds is 8. The van der Waals surface area contributed by atoms with Gasteiger partial charge in [-0.2, -0.15) is 0 Å². The van der Waals surface area contributed by atoms with Gasteiger partial charge in [0.15, 0.2) is 11.6 Å². The molecule has 0 fully saturated rings. The maximum atomic E-state index is 12.7. The van der Waals surface area contributed by atoms with Crippen molar-refractivity contribution in [2.45, 2.75) is 59.3 Å². The summed E-state index contributed by atoms with van der Waals surface area (Å²) < 4.78 is 2.06. The number of fused-ring (bicyclic) bond motifs is 2. The van der Waals surface area contributed by atoms with Crippen LogP contribution in [-0.2, 0) is 22.4 Å². The SMILES string of the molecule is CC(C)(C)CCCCc1ccc2nc(CCC(=O)C3=CC(=O)C4C=CC=CC4=C3)cn2c1. The number of unbranched alkanes of at least 4 members (excludes halogenated alkanes) is 1. The average Bonchev–Trinajstić information content (AvgIpc) is 3.16. The van der Waals surface area contributed by atoms with Crippen LogP contribution in [0, 0.1) is 11.3 Å². The van der Waals surface area contributed by atoms with Gasteiger partial charge < -0.3 is 4.40 Å². The Morgan fingerprint density at radius 1 is 1.06 bits per heavy atom. The summed E-state index contributed by atoms with van der Waals surface area (Å²) in [6, 6.07) is 4.21. The van der Waals surface area contributed by atoms with Gasteiger partial charge in [-0.05, 0) is 60.5 Å². The minimum atomic E-state index is -0.238. The molecule has 2 heterocycles. The highest BCUT2D eigenvalue weighted by atomic mass is 16.1. The topological polar surface area (TPSA) is 51.4 Å². The molecule has 4 nitrogen and oxygen atoms in total. The van der Waals surface area contributed by atoms with Gasteiger partial charge in [-0.15, -0.1) is 0 Å². The zero-order valence-electron chi connectivity index (χ0n) is 19.3. The second kappa shape index (κ2) is 9.23. The van der Waals surface area contributed by atoms with E-state index < -0.39 is 0 Å². The third-order valence-electron chi connectivity index (χ3n) is 6.12.